The van der Waals surface area contributed by atoms with Crippen molar-refractivity contribution < 1.29 is 4.39 Å². The van der Waals surface area contributed by atoms with Gasteiger partial charge >= 0.3 is 0 Å². The Bertz CT molecular complexity index is 297. The second kappa shape index (κ2) is 6.44. The fourth-order valence-corrected chi connectivity index (χ4v) is 1.54. The lowest BCUT2D eigenvalue weighted by atomic mass is 10.2. The van der Waals surface area contributed by atoms with Gasteiger partial charge in [0.05, 0.1) is 5.69 Å². The molecule has 0 heterocycles. The normalized spacial score (nSPS) is 10.3. The highest BCUT2D eigenvalue weighted by Crippen LogP contribution is 2.15. The van der Waals surface area contributed by atoms with Gasteiger partial charge < -0.3 is 5.32 Å². The van der Waals surface area contributed by atoms with Crippen molar-refractivity contribution >= 4 is 5.69 Å². The maximum absolute atomic E-state index is 13.4. The van der Waals surface area contributed by atoms with E-state index >= 15 is 0 Å². The van der Waals surface area contributed by atoms with Gasteiger partial charge in [-0.2, -0.15) is 0 Å². The summed E-state index contributed by atoms with van der Waals surface area (Å²) in [6, 6.07) is 5.30. The van der Waals surface area contributed by atoms with Crippen molar-refractivity contribution in [3.05, 3.63) is 29.6 Å². The lowest BCUT2D eigenvalue weighted by Gasteiger charge is -2.07. The quantitative estimate of drug-likeness (QED) is 0.695. The van der Waals surface area contributed by atoms with Crippen LogP contribution in [-0.2, 0) is 0 Å². The van der Waals surface area contributed by atoms with Gasteiger partial charge in [-0.15, -0.1) is 0 Å². The zero-order chi connectivity index (χ0) is 11.1. The van der Waals surface area contributed by atoms with Crippen LogP contribution in [0.4, 0.5) is 10.1 Å². The summed E-state index contributed by atoms with van der Waals surface area (Å²) < 4.78 is 13.4. The molecule has 0 spiro atoms. The fraction of sp³-hybridized carbons (Fsp3) is 0.538. The van der Waals surface area contributed by atoms with E-state index in [0.29, 0.717) is 5.69 Å². The van der Waals surface area contributed by atoms with Crippen LogP contribution in [0, 0.1) is 12.7 Å². The minimum atomic E-state index is -0.148. The maximum atomic E-state index is 13.4. The zero-order valence-electron chi connectivity index (χ0n) is 9.65. The van der Waals surface area contributed by atoms with Gasteiger partial charge in [0.15, 0.2) is 0 Å². The average Bonchev–Trinajstić information content (AvgIpc) is 2.20. The standard InChI is InChI=1S/C13H20FN/c1-3-4-5-6-9-15-13-8-7-11(2)10-12(13)14/h7-8,10,15H,3-6,9H2,1-2H3. The molecule has 0 aliphatic rings. The Morgan fingerprint density at radius 3 is 2.67 bits per heavy atom. The van der Waals surface area contributed by atoms with Gasteiger partial charge in [-0.25, -0.2) is 4.39 Å². The fourth-order valence-electron chi connectivity index (χ4n) is 1.54. The third-order valence-corrected chi connectivity index (χ3v) is 2.47. The van der Waals surface area contributed by atoms with E-state index in [1.54, 1.807) is 6.07 Å². The van der Waals surface area contributed by atoms with E-state index in [2.05, 4.69) is 12.2 Å². The first-order valence-electron chi connectivity index (χ1n) is 5.74. The number of benzene rings is 1. The Morgan fingerprint density at radius 2 is 2.00 bits per heavy atom. The molecule has 0 radical (unpaired) electrons. The second-order valence-electron chi connectivity index (χ2n) is 3.97. The summed E-state index contributed by atoms with van der Waals surface area (Å²) in [6.45, 7) is 4.95. The van der Waals surface area contributed by atoms with Crippen molar-refractivity contribution in [2.45, 2.75) is 39.5 Å². The lowest BCUT2D eigenvalue weighted by molar-refractivity contribution is 0.626. The molecule has 15 heavy (non-hydrogen) atoms. The highest BCUT2D eigenvalue weighted by molar-refractivity contribution is 5.45. The second-order valence-corrected chi connectivity index (χ2v) is 3.97. The number of unbranched alkanes of at least 4 members (excludes halogenated alkanes) is 3. The van der Waals surface area contributed by atoms with Crippen LogP contribution in [-0.4, -0.2) is 6.54 Å². The average molecular weight is 209 g/mol. The molecule has 1 rings (SSSR count). The Balaban J connectivity index is 2.31. The van der Waals surface area contributed by atoms with E-state index in [1.807, 2.05) is 19.1 Å². The van der Waals surface area contributed by atoms with Crippen LogP contribution >= 0.6 is 0 Å². The molecule has 0 saturated heterocycles. The van der Waals surface area contributed by atoms with Gasteiger partial charge in [0.25, 0.3) is 0 Å². The van der Waals surface area contributed by atoms with Gasteiger partial charge in [-0.1, -0.05) is 32.3 Å². The largest absolute Gasteiger partial charge is 0.383 e. The molecule has 1 N–H and O–H groups in total. The number of nitrogens with one attached hydrogen (secondary N) is 1. The van der Waals surface area contributed by atoms with Gasteiger partial charge in [0.1, 0.15) is 5.82 Å². The number of anilines is 1. The molecular formula is C13H20FN. The van der Waals surface area contributed by atoms with Crippen LogP contribution in [0.1, 0.15) is 38.2 Å². The van der Waals surface area contributed by atoms with E-state index in [4.69, 9.17) is 0 Å². The van der Waals surface area contributed by atoms with Crippen molar-refractivity contribution in [3.8, 4) is 0 Å². The smallest absolute Gasteiger partial charge is 0.146 e. The summed E-state index contributed by atoms with van der Waals surface area (Å²) >= 11 is 0. The topological polar surface area (TPSA) is 12.0 Å². The molecular weight excluding hydrogens is 189 g/mol. The van der Waals surface area contributed by atoms with Crippen molar-refractivity contribution in [2.75, 3.05) is 11.9 Å². The number of hydrogen-bond donors (Lipinski definition) is 1. The van der Waals surface area contributed by atoms with Crippen molar-refractivity contribution in [1.82, 2.24) is 0 Å². The van der Waals surface area contributed by atoms with Crippen LogP contribution in [0.3, 0.4) is 0 Å². The van der Waals surface area contributed by atoms with Crippen molar-refractivity contribution in [1.29, 1.82) is 0 Å². The van der Waals surface area contributed by atoms with E-state index in [1.165, 1.54) is 19.3 Å². The first-order chi connectivity index (χ1) is 7.24. The maximum Gasteiger partial charge on any atom is 0.146 e. The van der Waals surface area contributed by atoms with E-state index in [9.17, 15) is 4.39 Å². The summed E-state index contributed by atoms with van der Waals surface area (Å²) in [5, 5.41) is 3.12. The highest BCUT2D eigenvalue weighted by Gasteiger charge is 2.00. The van der Waals surface area contributed by atoms with Gasteiger partial charge in [0, 0.05) is 6.54 Å². The molecule has 0 aromatic heterocycles. The predicted octanol–water partition coefficient (Wildman–Crippen LogP) is 4.13. The van der Waals surface area contributed by atoms with Gasteiger partial charge in [-0.05, 0) is 31.0 Å². The molecule has 0 amide bonds. The molecule has 1 aromatic rings. The van der Waals surface area contributed by atoms with Crippen LogP contribution in [0.5, 0.6) is 0 Å². The zero-order valence-corrected chi connectivity index (χ0v) is 9.65. The number of hydrogen-bond acceptors (Lipinski definition) is 1. The molecule has 2 heteroatoms. The Hall–Kier alpha value is -1.05. The van der Waals surface area contributed by atoms with E-state index < -0.39 is 0 Å². The summed E-state index contributed by atoms with van der Waals surface area (Å²) in [5.74, 6) is -0.148. The Kier molecular flexibility index (Phi) is 5.16. The van der Waals surface area contributed by atoms with Crippen molar-refractivity contribution in [2.24, 2.45) is 0 Å². The molecule has 1 aromatic carbocycles. The van der Waals surface area contributed by atoms with Crippen LogP contribution in [0.2, 0.25) is 0 Å². The molecule has 0 bridgehead atoms. The van der Waals surface area contributed by atoms with Crippen LogP contribution < -0.4 is 5.32 Å². The SMILES string of the molecule is CCCCCCNc1ccc(C)cc1F. The molecule has 0 aliphatic carbocycles. The Morgan fingerprint density at radius 1 is 1.20 bits per heavy atom. The number of aryl methyl sites for hydroxylation is 1. The molecule has 0 saturated carbocycles. The first kappa shape index (κ1) is 12.0. The third-order valence-electron chi connectivity index (χ3n) is 2.47. The Labute approximate surface area is 91.7 Å². The summed E-state index contributed by atoms with van der Waals surface area (Å²) in [4.78, 5) is 0. The molecule has 0 aliphatic heterocycles. The van der Waals surface area contributed by atoms with Gasteiger partial charge in [0.2, 0.25) is 0 Å². The summed E-state index contributed by atoms with van der Waals surface area (Å²) in [6.07, 6.45) is 4.83. The molecule has 1 nitrogen and oxygen atoms in total. The summed E-state index contributed by atoms with van der Waals surface area (Å²) in [7, 11) is 0. The molecule has 0 fully saturated rings. The molecule has 0 unspecified atom stereocenters. The van der Waals surface area contributed by atoms with E-state index in [-0.39, 0.29) is 5.82 Å². The number of halogens is 1. The highest BCUT2D eigenvalue weighted by atomic mass is 19.1. The molecule has 0 atom stereocenters. The first-order valence-corrected chi connectivity index (χ1v) is 5.74. The van der Waals surface area contributed by atoms with Crippen LogP contribution in [0.15, 0.2) is 18.2 Å². The molecule has 84 valence electrons. The minimum absolute atomic E-state index is 0.148. The van der Waals surface area contributed by atoms with E-state index in [0.717, 1.165) is 18.5 Å². The van der Waals surface area contributed by atoms with Gasteiger partial charge in [-0.3, -0.25) is 0 Å². The predicted molar refractivity (Wildman–Crippen MR) is 63.8 cm³/mol. The third kappa shape index (κ3) is 4.32. The lowest BCUT2D eigenvalue weighted by Crippen LogP contribution is -2.03. The summed E-state index contributed by atoms with van der Waals surface area (Å²) in [5.41, 5.74) is 1.58. The monoisotopic (exact) mass is 209 g/mol. The minimum Gasteiger partial charge on any atom is -0.383 e. The van der Waals surface area contributed by atoms with Crippen LogP contribution in [0.25, 0.3) is 0 Å². The van der Waals surface area contributed by atoms with Crippen molar-refractivity contribution in [3.63, 3.8) is 0 Å². The number of rotatable bonds is 6.